The fourth-order valence-corrected chi connectivity index (χ4v) is 2.41. The molecule has 1 N–H and O–H groups in total. The molecule has 1 aliphatic heterocycles. The van der Waals surface area contributed by atoms with Gasteiger partial charge >= 0.3 is 0 Å². The van der Waals surface area contributed by atoms with Gasteiger partial charge in [-0.1, -0.05) is 0 Å². The van der Waals surface area contributed by atoms with E-state index in [-0.39, 0.29) is 37.2 Å². The smallest absolute Gasteiger partial charge is 0.248 e. The second kappa shape index (κ2) is 4.28. The quantitative estimate of drug-likeness (QED) is 0.780. The standard InChI is InChI=1S/C11H17F2NO2/c12-11(13)3-1-9(2-4-11)10(16)14-5-8(6-14)7-15/h8-9,15H,1-7H2. The minimum Gasteiger partial charge on any atom is -0.396 e. The Labute approximate surface area is 93.4 Å². The molecule has 2 fully saturated rings. The Morgan fingerprint density at radius 1 is 1.31 bits per heavy atom. The molecule has 1 heterocycles. The van der Waals surface area contributed by atoms with E-state index in [1.54, 1.807) is 4.90 Å². The maximum absolute atomic E-state index is 12.9. The predicted molar refractivity (Wildman–Crippen MR) is 54.1 cm³/mol. The van der Waals surface area contributed by atoms with Gasteiger partial charge in [-0.3, -0.25) is 4.79 Å². The summed E-state index contributed by atoms with van der Waals surface area (Å²) in [5.74, 6) is -2.60. The van der Waals surface area contributed by atoms with Gasteiger partial charge in [0.05, 0.1) is 0 Å². The van der Waals surface area contributed by atoms with Gasteiger partial charge in [-0.15, -0.1) is 0 Å². The van der Waals surface area contributed by atoms with Crippen molar-refractivity contribution in [2.24, 2.45) is 11.8 Å². The lowest BCUT2D eigenvalue weighted by atomic mass is 9.84. The van der Waals surface area contributed by atoms with Crippen LogP contribution in [-0.4, -0.2) is 41.5 Å². The SMILES string of the molecule is O=C(C1CCC(F)(F)CC1)N1CC(CO)C1. The molecule has 0 atom stereocenters. The largest absolute Gasteiger partial charge is 0.396 e. The summed E-state index contributed by atoms with van der Waals surface area (Å²) in [5.41, 5.74) is 0. The number of nitrogens with zero attached hydrogens (tertiary/aromatic N) is 1. The minimum atomic E-state index is -2.57. The summed E-state index contributed by atoms with van der Waals surface area (Å²) < 4.78 is 25.8. The summed E-state index contributed by atoms with van der Waals surface area (Å²) in [7, 11) is 0. The van der Waals surface area contributed by atoms with Crippen molar-refractivity contribution in [3.8, 4) is 0 Å². The van der Waals surface area contributed by atoms with Crippen molar-refractivity contribution in [3.63, 3.8) is 0 Å². The number of carbonyl (C=O) groups excluding carboxylic acids is 1. The maximum Gasteiger partial charge on any atom is 0.248 e. The molecule has 1 saturated carbocycles. The second-order valence-electron chi connectivity index (χ2n) is 4.92. The average molecular weight is 233 g/mol. The second-order valence-corrected chi connectivity index (χ2v) is 4.92. The van der Waals surface area contributed by atoms with Gasteiger partial charge in [0.2, 0.25) is 11.8 Å². The van der Waals surface area contributed by atoms with Crippen LogP contribution in [0.2, 0.25) is 0 Å². The van der Waals surface area contributed by atoms with E-state index in [9.17, 15) is 13.6 Å². The summed E-state index contributed by atoms with van der Waals surface area (Å²) in [4.78, 5) is 13.5. The molecule has 0 unspecified atom stereocenters. The van der Waals surface area contributed by atoms with Crippen molar-refractivity contribution in [1.29, 1.82) is 0 Å². The first kappa shape index (κ1) is 11.8. The van der Waals surface area contributed by atoms with E-state index in [0.29, 0.717) is 25.9 Å². The lowest BCUT2D eigenvalue weighted by Crippen LogP contribution is -2.53. The Hall–Kier alpha value is -0.710. The average Bonchev–Trinajstić information content (AvgIpc) is 2.15. The fourth-order valence-electron chi connectivity index (χ4n) is 2.41. The molecule has 0 radical (unpaired) electrons. The molecule has 1 aliphatic carbocycles. The van der Waals surface area contributed by atoms with Crippen molar-refractivity contribution < 1.29 is 18.7 Å². The van der Waals surface area contributed by atoms with E-state index < -0.39 is 5.92 Å². The molecule has 0 bridgehead atoms. The van der Waals surface area contributed by atoms with Crippen LogP contribution in [0.3, 0.4) is 0 Å². The molecule has 5 heteroatoms. The van der Waals surface area contributed by atoms with Gasteiger partial charge in [-0.2, -0.15) is 0 Å². The number of hydrogen-bond acceptors (Lipinski definition) is 2. The van der Waals surface area contributed by atoms with Crippen LogP contribution >= 0.6 is 0 Å². The van der Waals surface area contributed by atoms with E-state index in [4.69, 9.17) is 5.11 Å². The van der Waals surface area contributed by atoms with Crippen LogP contribution in [0, 0.1) is 11.8 Å². The molecule has 0 spiro atoms. The molecule has 0 aromatic rings. The topological polar surface area (TPSA) is 40.5 Å². The third-order valence-corrected chi connectivity index (χ3v) is 3.59. The summed E-state index contributed by atoms with van der Waals surface area (Å²) in [6.45, 7) is 1.27. The van der Waals surface area contributed by atoms with Gasteiger partial charge < -0.3 is 10.0 Å². The number of aliphatic hydroxyl groups is 1. The highest BCUT2D eigenvalue weighted by Gasteiger charge is 2.40. The molecule has 1 saturated heterocycles. The van der Waals surface area contributed by atoms with Crippen molar-refractivity contribution in [1.82, 2.24) is 4.90 Å². The number of aliphatic hydroxyl groups excluding tert-OH is 1. The van der Waals surface area contributed by atoms with Gasteiger partial charge in [0.15, 0.2) is 0 Å². The van der Waals surface area contributed by atoms with E-state index in [1.807, 2.05) is 0 Å². The lowest BCUT2D eigenvalue weighted by molar-refractivity contribution is -0.146. The Morgan fingerprint density at radius 3 is 2.38 bits per heavy atom. The van der Waals surface area contributed by atoms with Crippen molar-refractivity contribution in [2.45, 2.75) is 31.6 Å². The number of alkyl halides is 2. The molecule has 2 aliphatic rings. The normalized spacial score (nSPS) is 26.6. The van der Waals surface area contributed by atoms with Crippen LogP contribution in [0.5, 0.6) is 0 Å². The van der Waals surface area contributed by atoms with E-state index in [1.165, 1.54) is 0 Å². The highest BCUT2D eigenvalue weighted by Crippen LogP contribution is 2.37. The number of rotatable bonds is 2. The van der Waals surface area contributed by atoms with E-state index >= 15 is 0 Å². The monoisotopic (exact) mass is 233 g/mol. The molecule has 2 rings (SSSR count). The van der Waals surface area contributed by atoms with E-state index in [0.717, 1.165) is 0 Å². The number of likely N-dealkylation sites (tertiary alicyclic amines) is 1. The van der Waals surface area contributed by atoms with Crippen molar-refractivity contribution in [2.75, 3.05) is 19.7 Å². The summed E-state index contributed by atoms with van der Waals surface area (Å²) in [6.07, 6.45) is 0.263. The van der Waals surface area contributed by atoms with Crippen LogP contribution in [0.25, 0.3) is 0 Å². The Kier molecular flexibility index (Phi) is 3.15. The Morgan fingerprint density at radius 2 is 1.88 bits per heavy atom. The number of halogens is 2. The Bertz CT molecular complexity index is 267. The molecule has 0 aromatic carbocycles. The zero-order valence-corrected chi connectivity index (χ0v) is 9.16. The predicted octanol–water partition coefficient (Wildman–Crippen LogP) is 1.26. The molecule has 92 valence electrons. The summed E-state index contributed by atoms with van der Waals surface area (Å²) in [5, 5.41) is 8.83. The van der Waals surface area contributed by atoms with Crippen LogP contribution in [0.4, 0.5) is 8.78 Å². The summed E-state index contributed by atoms with van der Waals surface area (Å²) in [6, 6.07) is 0. The highest BCUT2D eigenvalue weighted by molar-refractivity contribution is 5.79. The van der Waals surface area contributed by atoms with Crippen LogP contribution in [0.1, 0.15) is 25.7 Å². The first-order chi connectivity index (χ1) is 7.52. The number of amides is 1. The molecule has 0 aromatic heterocycles. The van der Waals surface area contributed by atoms with Gasteiger partial charge in [-0.05, 0) is 12.8 Å². The van der Waals surface area contributed by atoms with Gasteiger partial charge in [0, 0.05) is 44.4 Å². The fraction of sp³-hybridized carbons (Fsp3) is 0.909. The number of hydrogen-bond donors (Lipinski definition) is 1. The first-order valence-corrected chi connectivity index (χ1v) is 5.79. The zero-order valence-electron chi connectivity index (χ0n) is 9.16. The third-order valence-electron chi connectivity index (χ3n) is 3.59. The molecule has 3 nitrogen and oxygen atoms in total. The first-order valence-electron chi connectivity index (χ1n) is 5.79. The summed E-state index contributed by atoms with van der Waals surface area (Å²) >= 11 is 0. The number of carbonyl (C=O) groups is 1. The molecular formula is C11H17F2NO2. The lowest BCUT2D eigenvalue weighted by Gasteiger charge is -2.41. The Balaban J connectivity index is 1.79. The van der Waals surface area contributed by atoms with Crippen molar-refractivity contribution in [3.05, 3.63) is 0 Å². The van der Waals surface area contributed by atoms with Crippen LogP contribution < -0.4 is 0 Å². The highest BCUT2D eigenvalue weighted by atomic mass is 19.3. The maximum atomic E-state index is 12.9. The third kappa shape index (κ3) is 2.34. The minimum absolute atomic E-state index is 0.000185. The molecule has 16 heavy (non-hydrogen) atoms. The van der Waals surface area contributed by atoms with Gasteiger partial charge in [-0.25, -0.2) is 8.78 Å². The van der Waals surface area contributed by atoms with Crippen LogP contribution in [-0.2, 0) is 4.79 Å². The molecular weight excluding hydrogens is 216 g/mol. The molecule has 1 amide bonds. The van der Waals surface area contributed by atoms with Gasteiger partial charge in [0.25, 0.3) is 0 Å². The van der Waals surface area contributed by atoms with E-state index in [2.05, 4.69) is 0 Å². The van der Waals surface area contributed by atoms with Gasteiger partial charge in [0.1, 0.15) is 0 Å². The van der Waals surface area contributed by atoms with Crippen molar-refractivity contribution >= 4 is 5.91 Å². The van der Waals surface area contributed by atoms with Crippen LogP contribution in [0.15, 0.2) is 0 Å². The zero-order chi connectivity index (χ0) is 11.8.